The van der Waals surface area contributed by atoms with Crippen LogP contribution in [0.2, 0.25) is 0 Å². The number of piperidine rings is 1. The SMILES string of the molecule is C=C(OC(=O)N1CCC(C(=O)NCCCCC(NC=O)C(=O)NCCOc2ccc(C(=O)Oc3cc[c-]cc3)cc2)CC1CNC(=O)CN)C(CC(C)N(C)C)(c1ccccc1)c1ccccc1.[Y]. The zero-order valence-corrected chi connectivity index (χ0v) is 42.5. The summed E-state index contributed by atoms with van der Waals surface area (Å²) >= 11 is 0. The number of hydrogen-bond acceptors (Lipinski definition) is 11. The number of unbranched alkanes of at least 4 members (excludes halogenated alkanes) is 1. The predicted octanol–water partition coefficient (Wildman–Crippen LogP) is 4.73. The summed E-state index contributed by atoms with van der Waals surface area (Å²) in [5, 5.41) is 11.1. The first-order valence-electron chi connectivity index (χ1n) is 22.9. The Morgan fingerprint density at radius 1 is 0.884 bits per heavy atom. The average Bonchev–Trinajstić information content (AvgIpc) is 3.36. The van der Waals surface area contributed by atoms with Crippen molar-refractivity contribution in [3.05, 3.63) is 144 Å². The first-order chi connectivity index (χ1) is 32.9. The van der Waals surface area contributed by atoms with E-state index in [0.29, 0.717) is 62.1 Å². The van der Waals surface area contributed by atoms with Gasteiger partial charge in [-0.15, -0.1) is 12.1 Å². The summed E-state index contributed by atoms with van der Waals surface area (Å²) in [7, 11) is 4.01. The van der Waals surface area contributed by atoms with Gasteiger partial charge in [0.25, 0.3) is 0 Å². The number of ether oxygens (including phenoxy) is 3. The van der Waals surface area contributed by atoms with E-state index >= 15 is 0 Å². The fraction of sp³-hybridized carbons (Fsp3) is 0.385. The summed E-state index contributed by atoms with van der Waals surface area (Å²) < 4.78 is 17.3. The predicted molar refractivity (Wildman–Crippen MR) is 257 cm³/mol. The summed E-state index contributed by atoms with van der Waals surface area (Å²) in [5.74, 6) is -0.766. The first kappa shape index (κ1) is 55.7. The van der Waals surface area contributed by atoms with E-state index in [0.717, 1.165) is 11.1 Å². The number of benzene rings is 4. The van der Waals surface area contributed by atoms with Crippen molar-refractivity contribution in [2.75, 3.05) is 53.4 Å². The minimum absolute atomic E-state index is 0. The van der Waals surface area contributed by atoms with E-state index in [1.807, 2.05) is 74.8 Å². The molecule has 17 heteroatoms. The van der Waals surface area contributed by atoms with Gasteiger partial charge >= 0.3 is 12.1 Å². The standard InChI is InChI=1S/C52H64N7O9.Y/c1-37(58(3)4)33-52(41-16-8-5-9-17-41,42-18-10-6-11-19-42)38(2)67-51(65)59-30-27-40(32-43(59)35-56-47(61)34-53)48(62)54-28-15-14-22-46(57-36-60)49(63)55-29-31-66-44-25-23-39(24-26-44)50(64)68-45-20-12-7-13-21-45;/h5-6,8-13,16-21,23-26,36-37,40,43,46H,2,14-15,22,27-35,53H2,1,3-4H3,(H,54,62)(H,55,63)(H,56,61)(H,57,60);/q-1;. The molecule has 1 heterocycles. The van der Waals surface area contributed by atoms with Crippen LogP contribution in [-0.4, -0.2) is 118 Å². The molecule has 4 unspecified atom stereocenters. The van der Waals surface area contributed by atoms with Crippen LogP contribution in [0.5, 0.6) is 11.5 Å². The van der Waals surface area contributed by atoms with Crippen LogP contribution in [-0.2, 0) is 62.0 Å². The number of esters is 1. The molecule has 5 rings (SSSR count). The van der Waals surface area contributed by atoms with E-state index in [-0.39, 0.29) is 95.5 Å². The molecule has 1 saturated heterocycles. The molecule has 0 spiro atoms. The molecule has 1 aliphatic heterocycles. The first-order valence-corrected chi connectivity index (χ1v) is 22.9. The maximum absolute atomic E-state index is 14.3. The fourth-order valence-electron chi connectivity index (χ4n) is 8.15. The van der Waals surface area contributed by atoms with Crippen molar-refractivity contribution >= 4 is 36.2 Å². The number of nitrogens with zero attached hydrogens (tertiary/aromatic N) is 2. The largest absolute Gasteiger partial charge is 0.492 e. The fourth-order valence-corrected chi connectivity index (χ4v) is 8.15. The molecule has 4 aromatic rings. The second-order valence-corrected chi connectivity index (χ2v) is 16.9. The molecule has 1 fully saturated rings. The maximum Gasteiger partial charge on any atom is 0.415 e. The van der Waals surface area contributed by atoms with E-state index in [9.17, 15) is 28.8 Å². The van der Waals surface area contributed by atoms with E-state index in [1.165, 1.54) is 0 Å². The molecule has 4 atom stereocenters. The van der Waals surface area contributed by atoms with Crippen molar-refractivity contribution in [1.82, 2.24) is 31.1 Å². The van der Waals surface area contributed by atoms with Crippen LogP contribution in [0, 0.1) is 12.0 Å². The Morgan fingerprint density at radius 3 is 2.14 bits per heavy atom. The molecule has 0 aromatic heterocycles. The van der Waals surface area contributed by atoms with Crippen LogP contribution in [0.15, 0.2) is 122 Å². The monoisotopic (exact) mass is 1020 g/mol. The molecule has 0 bridgehead atoms. The van der Waals surface area contributed by atoms with Crippen LogP contribution in [0.1, 0.15) is 66.9 Å². The number of carbonyl (C=O) groups excluding carboxylic acids is 6. The van der Waals surface area contributed by atoms with E-state index in [4.69, 9.17) is 19.9 Å². The number of amides is 5. The van der Waals surface area contributed by atoms with Crippen LogP contribution >= 0.6 is 0 Å². The number of nitrogens with two attached hydrogens (primary N) is 1. The number of carbonyl (C=O) groups is 6. The van der Waals surface area contributed by atoms with Gasteiger partial charge in [-0.1, -0.05) is 67.2 Å². The zero-order chi connectivity index (χ0) is 48.9. The van der Waals surface area contributed by atoms with Crippen molar-refractivity contribution in [1.29, 1.82) is 0 Å². The van der Waals surface area contributed by atoms with Crippen molar-refractivity contribution in [3.63, 3.8) is 0 Å². The molecular weight excluding hydrogens is 956 g/mol. The maximum atomic E-state index is 14.3. The number of hydrogen-bond donors (Lipinski definition) is 5. The third kappa shape index (κ3) is 16.3. The van der Waals surface area contributed by atoms with Gasteiger partial charge in [-0.2, -0.15) is 18.2 Å². The van der Waals surface area contributed by atoms with Gasteiger partial charge in [-0.05, 0) is 94.9 Å². The Kier molecular flexibility index (Phi) is 23.0. The van der Waals surface area contributed by atoms with Gasteiger partial charge in [0, 0.05) is 70.1 Å². The molecule has 0 aliphatic carbocycles. The van der Waals surface area contributed by atoms with Gasteiger partial charge in [-0.3, -0.25) is 19.2 Å². The number of rotatable bonds is 25. The summed E-state index contributed by atoms with van der Waals surface area (Å²) in [5.41, 5.74) is 6.88. The molecule has 4 aromatic carbocycles. The second-order valence-electron chi connectivity index (χ2n) is 16.9. The van der Waals surface area contributed by atoms with Gasteiger partial charge < -0.3 is 51.0 Å². The summed E-state index contributed by atoms with van der Waals surface area (Å²) in [6, 6.07) is 34.3. The summed E-state index contributed by atoms with van der Waals surface area (Å²) in [6.07, 6.45) is 2.43. The van der Waals surface area contributed by atoms with Gasteiger partial charge in [0.15, 0.2) is 0 Å². The Hall–Kier alpha value is -5.94. The quantitative estimate of drug-likeness (QED) is 0.0153. The third-order valence-electron chi connectivity index (χ3n) is 12.2. The zero-order valence-electron chi connectivity index (χ0n) is 39.7. The average molecular weight is 1020 g/mol. The molecular formula is C52H64N7O9Y-. The molecule has 365 valence electrons. The Labute approximate surface area is 430 Å². The molecule has 5 amide bonds. The minimum Gasteiger partial charge on any atom is -0.492 e. The molecule has 6 N–H and O–H groups in total. The molecule has 0 saturated carbocycles. The smallest absolute Gasteiger partial charge is 0.415 e. The summed E-state index contributed by atoms with van der Waals surface area (Å²) in [6.45, 7) is 7.19. The van der Waals surface area contributed by atoms with Crippen molar-refractivity contribution in [3.8, 4) is 11.5 Å². The van der Waals surface area contributed by atoms with E-state index in [1.54, 1.807) is 53.4 Å². The molecule has 1 aliphatic rings. The Morgan fingerprint density at radius 2 is 1.54 bits per heavy atom. The van der Waals surface area contributed by atoms with Crippen LogP contribution in [0.4, 0.5) is 4.79 Å². The number of likely N-dealkylation sites (tertiary alicyclic amines) is 1. The minimum atomic E-state index is -0.899. The van der Waals surface area contributed by atoms with Crippen molar-refractivity contribution < 1.29 is 75.7 Å². The number of nitrogens with one attached hydrogen (secondary N) is 4. The van der Waals surface area contributed by atoms with Crippen molar-refractivity contribution in [2.45, 2.75) is 69.0 Å². The van der Waals surface area contributed by atoms with Gasteiger partial charge in [0.1, 0.15) is 24.2 Å². The van der Waals surface area contributed by atoms with Gasteiger partial charge in [0.05, 0.1) is 30.1 Å². The van der Waals surface area contributed by atoms with Gasteiger partial charge in [0.2, 0.25) is 24.1 Å². The second kappa shape index (κ2) is 28.5. The summed E-state index contributed by atoms with van der Waals surface area (Å²) in [4.78, 5) is 80.5. The van der Waals surface area contributed by atoms with E-state index < -0.39 is 41.4 Å². The van der Waals surface area contributed by atoms with Crippen LogP contribution < -0.4 is 36.5 Å². The third-order valence-corrected chi connectivity index (χ3v) is 12.2. The van der Waals surface area contributed by atoms with Gasteiger partial charge in [-0.25, -0.2) is 9.59 Å². The Bertz CT molecular complexity index is 2230. The normalized spacial score (nSPS) is 15.3. The van der Waals surface area contributed by atoms with Crippen molar-refractivity contribution in [2.24, 2.45) is 11.7 Å². The topological polar surface area (TPSA) is 211 Å². The van der Waals surface area contributed by atoms with Crippen LogP contribution in [0.3, 0.4) is 0 Å². The Balaban J connectivity index is 0.0000104. The molecule has 69 heavy (non-hydrogen) atoms. The van der Waals surface area contributed by atoms with Crippen LogP contribution in [0.25, 0.3) is 0 Å². The van der Waals surface area contributed by atoms with E-state index in [2.05, 4.69) is 45.7 Å². The molecule has 16 nitrogen and oxygen atoms in total. The molecule has 1 radical (unpaired) electrons. The number of allylic oxidation sites excluding steroid dienone is 1.